The third-order valence-electron chi connectivity index (χ3n) is 2.45. The normalized spacial score (nSPS) is 12.4. The second kappa shape index (κ2) is 5.75. The number of aryl methyl sites for hydroxylation is 1. The molecule has 0 aliphatic heterocycles. The van der Waals surface area contributed by atoms with Crippen LogP contribution in [0, 0.1) is 6.92 Å². The van der Waals surface area contributed by atoms with Crippen molar-refractivity contribution in [3.63, 3.8) is 0 Å². The van der Waals surface area contributed by atoms with E-state index >= 15 is 0 Å². The van der Waals surface area contributed by atoms with Crippen LogP contribution in [0.25, 0.3) is 0 Å². The van der Waals surface area contributed by atoms with E-state index in [0.717, 1.165) is 11.1 Å². The SMILES string of the molecule is Cc1cccc(C(C(N)=S)N(C)CC(=O)O)c1. The summed E-state index contributed by atoms with van der Waals surface area (Å²) in [6.45, 7) is 1.87. The summed E-state index contributed by atoms with van der Waals surface area (Å²) in [5.74, 6) is -0.901. The highest BCUT2D eigenvalue weighted by molar-refractivity contribution is 7.80. The minimum absolute atomic E-state index is 0.101. The molecule has 0 saturated heterocycles. The second-order valence-electron chi connectivity index (χ2n) is 4.03. The Kier molecular flexibility index (Phi) is 4.60. The fourth-order valence-electron chi connectivity index (χ4n) is 1.78. The third kappa shape index (κ3) is 3.80. The molecule has 1 aromatic carbocycles. The van der Waals surface area contributed by atoms with Gasteiger partial charge in [0.05, 0.1) is 17.6 Å². The van der Waals surface area contributed by atoms with Crippen molar-refractivity contribution in [1.82, 2.24) is 4.90 Å². The van der Waals surface area contributed by atoms with Gasteiger partial charge in [-0.15, -0.1) is 0 Å². The molecule has 0 spiro atoms. The van der Waals surface area contributed by atoms with Gasteiger partial charge < -0.3 is 10.8 Å². The van der Waals surface area contributed by atoms with Crippen LogP contribution in [0.15, 0.2) is 24.3 Å². The number of carboxylic acids is 1. The Morgan fingerprint density at radius 2 is 2.24 bits per heavy atom. The highest BCUT2D eigenvalue weighted by Crippen LogP contribution is 2.20. The molecule has 1 unspecified atom stereocenters. The predicted molar refractivity (Wildman–Crippen MR) is 71.0 cm³/mol. The van der Waals surface area contributed by atoms with E-state index in [4.69, 9.17) is 23.1 Å². The molecule has 17 heavy (non-hydrogen) atoms. The molecule has 0 aromatic heterocycles. The zero-order valence-corrected chi connectivity index (χ0v) is 10.7. The van der Waals surface area contributed by atoms with Gasteiger partial charge >= 0.3 is 5.97 Å². The van der Waals surface area contributed by atoms with E-state index in [-0.39, 0.29) is 17.6 Å². The number of nitrogens with two attached hydrogens (primary N) is 1. The number of rotatable bonds is 5. The number of hydrogen-bond acceptors (Lipinski definition) is 3. The molecule has 0 radical (unpaired) electrons. The van der Waals surface area contributed by atoms with Gasteiger partial charge in [0.25, 0.3) is 0 Å². The Hall–Kier alpha value is -1.46. The van der Waals surface area contributed by atoms with Gasteiger partial charge in [-0.25, -0.2) is 0 Å². The molecule has 1 atom stereocenters. The summed E-state index contributed by atoms with van der Waals surface area (Å²) < 4.78 is 0. The number of hydrogen-bond donors (Lipinski definition) is 2. The van der Waals surface area contributed by atoms with E-state index < -0.39 is 5.97 Å². The zero-order valence-electron chi connectivity index (χ0n) is 9.88. The number of carbonyl (C=O) groups is 1. The minimum Gasteiger partial charge on any atom is -0.480 e. The Labute approximate surface area is 106 Å². The molecular formula is C12H16N2O2S. The van der Waals surface area contributed by atoms with E-state index in [9.17, 15) is 4.79 Å². The average molecular weight is 252 g/mol. The van der Waals surface area contributed by atoms with Crippen LogP contribution in [0.1, 0.15) is 17.2 Å². The summed E-state index contributed by atoms with van der Waals surface area (Å²) in [6, 6.07) is 7.39. The fourth-order valence-corrected chi connectivity index (χ4v) is 2.10. The maximum absolute atomic E-state index is 10.7. The van der Waals surface area contributed by atoms with Crippen molar-refractivity contribution in [2.75, 3.05) is 13.6 Å². The number of benzene rings is 1. The summed E-state index contributed by atoms with van der Waals surface area (Å²) in [5.41, 5.74) is 7.70. The summed E-state index contributed by atoms with van der Waals surface area (Å²) >= 11 is 5.01. The smallest absolute Gasteiger partial charge is 0.317 e. The number of nitrogens with zero attached hydrogens (tertiary/aromatic N) is 1. The molecule has 1 aromatic rings. The number of thiocarbonyl (C=S) groups is 1. The van der Waals surface area contributed by atoms with E-state index in [1.54, 1.807) is 11.9 Å². The molecule has 0 bridgehead atoms. The first-order valence-corrected chi connectivity index (χ1v) is 5.60. The maximum atomic E-state index is 10.7. The lowest BCUT2D eigenvalue weighted by Crippen LogP contribution is -2.37. The van der Waals surface area contributed by atoms with Crippen molar-refractivity contribution in [3.05, 3.63) is 35.4 Å². The van der Waals surface area contributed by atoms with E-state index in [1.165, 1.54) is 0 Å². The standard InChI is InChI=1S/C12H16N2O2S/c1-8-4-3-5-9(6-8)11(12(13)17)14(2)7-10(15)16/h3-6,11H,7H2,1-2H3,(H2,13,17)(H,15,16). The van der Waals surface area contributed by atoms with Gasteiger partial charge in [0, 0.05) is 0 Å². The zero-order chi connectivity index (χ0) is 13.0. The Bertz CT molecular complexity index is 434. The highest BCUT2D eigenvalue weighted by atomic mass is 32.1. The lowest BCUT2D eigenvalue weighted by molar-refractivity contribution is -0.138. The van der Waals surface area contributed by atoms with Crippen LogP contribution < -0.4 is 5.73 Å². The number of likely N-dealkylation sites (N-methyl/N-ethyl adjacent to an activating group) is 1. The van der Waals surface area contributed by atoms with Crippen molar-refractivity contribution in [2.24, 2.45) is 5.73 Å². The van der Waals surface area contributed by atoms with Crippen LogP contribution in [0.4, 0.5) is 0 Å². The second-order valence-corrected chi connectivity index (χ2v) is 4.50. The van der Waals surface area contributed by atoms with Gasteiger partial charge in [0.1, 0.15) is 0 Å². The maximum Gasteiger partial charge on any atom is 0.317 e. The van der Waals surface area contributed by atoms with Crippen molar-refractivity contribution < 1.29 is 9.90 Å². The first kappa shape index (κ1) is 13.6. The van der Waals surface area contributed by atoms with Crippen LogP contribution in [-0.2, 0) is 4.79 Å². The highest BCUT2D eigenvalue weighted by Gasteiger charge is 2.21. The summed E-state index contributed by atoms with van der Waals surface area (Å²) in [6.07, 6.45) is 0. The van der Waals surface area contributed by atoms with Crippen LogP contribution in [0.2, 0.25) is 0 Å². The Morgan fingerprint density at radius 3 is 2.71 bits per heavy atom. The number of carboxylic acid groups (broad SMARTS) is 1. The van der Waals surface area contributed by atoms with Crippen LogP contribution in [0.5, 0.6) is 0 Å². The lowest BCUT2D eigenvalue weighted by atomic mass is 10.0. The van der Waals surface area contributed by atoms with E-state index in [2.05, 4.69) is 0 Å². The monoisotopic (exact) mass is 252 g/mol. The summed E-state index contributed by atoms with van der Waals surface area (Å²) in [5, 5.41) is 8.79. The van der Waals surface area contributed by atoms with Gasteiger partial charge in [0.15, 0.2) is 0 Å². The molecule has 0 saturated carbocycles. The molecule has 0 amide bonds. The van der Waals surface area contributed by atoms with Crippen molar-refractivity contribution in [1.29, 1.82) is 0 Å². The molecule has 92 valence electrons. The quantitative estimate of drug-likeness (QED) is 0.774. The van der Waals surface area contributed by atoms with Gasteiger partial charge in [0.2, 0.25) is 0 Å². The molecule has 0 heterocycles. The van der Waals surface area contributed by atoms with Crippen molar-refractivity contribution in [3.8, 4) is 0 Å². The van der Waals surface area contributed by atoms with Crippen LogP contribution >= 0.6 is 12.2 Å². The molecule has 4 nitrogen and oxygen atoms in total. The number of aliphatic carboxylic acids is 1. The average Bonchev–Trinajstić information content (AvgIpc) is 2.15. The van der Waals surface area contributed by atoms with Crippen molar-refractivity contribution >= 4 is 23.2 Å². The fraction of sp³-hybridized carbons (Fsp3) is 0.333. The van der Waals surface area contributed by atoms with Gasteiger partial charge in [-0.3, -0.25) is 9.69 Å². The predicted octanol–water partition coefficient (Wildman–Crippen LogP) is 1.34. The van der Waals surface area contributed by atoms with Crippen molar-refractivity contribution in [2.45, 2.75) is 13.0 Å². The van der Waals surface area contributed by atoms with Gasteiger partial charge in [-0.05, 0) is 19.5 Å². The van der Waals surface area contributed by atoms with E-state index in [1.807, 2.05) is 31.2 Å². The largest absolute Gasteiger partial charge is 0.480 e. The molecule has 1 rings (SSSR count). The van der Waals surface area contributed by atoms with Crippen LogP contribution in [0.3, 0.4) is 0 Å². The molecule has 5 heteroatoms. The third-order valence-corrected chi connectivity index (χ3v) is 2.68. The molecule has 0 aliphatic carbocycles. The Balaban J connectivity index is 3.01. The molecular weight excluding hydrogens is 236 g/mol. The molecule has 0 aliphatic rings. The Morgan fingerprint density at radius 1 is 1.59 bits per heavy atom. The van der Waals surface area contributed by atoms with Gasteiger partial charge in [-0.1, -0.05) is 42.0 Å². The van der Waals surface area contributed by atoms with E-state index in [0.29, 0.717) is 0 Å². The summed E-state index contributed by atoms with van der Waals surface area (Å²) in [7, 11) is 1.69. The first-order chi connectivity index (χ1) is 7.91. The van der Waals surface area contributed by atoms with Crippen LogP contribution in [-0.4, -0.2) is 34.6 Å². The summed E-state index contributed by atoms with van der Waals surface area (Å²) in [4.78, 5) is 12.6. The topological polar surface area (TPSA) is 66.6 Å². The lowest BCUT2D eigenvalue weighted by Gasteiger charge is -2.26. The van der Waals surface area contributed by atoms with Gasteiger partial charge in [-0.2, -0.15) is 0 Å². The molecule has 0 fully saturated rings. The first-order valence-electron chi connectivity index (χ1n) is 5.19. The molecule has 3 N–H and O–H groups in total. The minimum atomic E-state index is -0.901.